The summed E-state index contributed by atoms with van der Waals surface area (Å²) in [5.74, 6) is -1.14. The number of aliphatic hydroxyl groups excluding tert-OH is 2. The summed E-state index contributed by atoms with van der Waals surface area (Å²) in [6, 6.07) is 5.93. The van der Waals surface area contributed by atoms with Gasteiger partial charge in [-0.25, -0.2) is 4.39 Å². The molecule has 0 radical (unpaired) electrons. The van der Waals surface area contributed by atoms with Crippen molar-refractivity contribution in [3.05, 3.63) is 34.9 Å². The van der Waals surface area contributed by atoms with E-state index in [4.69, 9.17) is 5.11 Å². The zero-order valence-electron chi connectivity index (χ0n) is 15.1. The first-order valence-corrected chi connectivity index (χ1v) is 9.82. The number of aliphatic carboxylic acids is 1. The van der Waals surface area contributed by atoms with Gasteiger partial charge in [-0.1, -0.05) is 37.5 Å². The van der Waals surface area contributed by atoms with Crippen molar-refractivity contribution in [2.24, 2.45) is 5.92 Å². The molecule has 144 valence electrons. The lowest BCUT2D eigenvalue weighted by atomic mass is 9.83. The molecule has 2 aliphatic rings. The van der Waals surface area contributed by atoms with E-state index < -0.39 is 24.3 Å². The maximum atomic E-state index is 14.5. The summed E-state index contributed by atoms with van der Waals surface area (Å²) in [4.78, 5) is 10.5. The largest absolute Gasteiger partial charge is 0.481 e. The highest BCUT2D eigenvalue weighted by Gasteiger charge is 2.43. The highest BCUT2D eigenvalue weighted by atomic mass is 19.1. The number of aryl methyl sites for hydroxylation is 1. The predicted molar refractivity (Wildman–Crippen MR) is 96.8 cm³/mol. The molecule has 3 N–H and O–H groups in total. The van der Waals surface area contributed by atoms with Crippen LogP contribution in [-0.4, -0.2) is 33.6 Å². The molecule has 1 aromatic rings. The first kappa shape index (κ1) is 19.3. The number of rotatable bonds is 8. The monoisotopic (exact) mass is 364 g/mol. The van der Waals surface area contributed by atoms with Crippen LogP contribution in [-0.2, 0) is 11.2 Å². The van der Waals surface area contributed by atoms with Crippen molar-refractivity contribution in [1.29, 1.82) is 0 Å². The Kier molecular flexibility index (Phi) is 6.30. The summed E-state index contributed by atoms with van der Waals surface area (Å²) < 4.78 is 14.5. The molecule has 1 aromatic carbocycles. The molecule has 0 aromatic heterocycles. The van der Waals surface area contributed by atoms with Gasteiger partial charge in [-0.3, -0.25) is 4.79 Å². The van der Waals surface area contributed by atoms with Crippen LogP contribution in [0, 0.1) is 5.92 Å². The van der Waals surface area contributed by atoms with Crippen molar-refractivity contribution < 1.29 is 24.5 Å². The van der Waals surface area contributed by atoms with Gasteiger partial charge in [0.1, 0.15) is 6.17 Å². The highest BCUT2D eigenvalue weighted by Crippen LogP contribution is 2.45. The molecule has 26 heavy (non-hydrogen) atoms. The van der Waals surface area contributed by atoms with E-state index in [9.17, 15) is 19.4 Å². The molecular formula is C21H29FO4. The second-order valence-electron chi connectivity index (χ2n) is 7.87. The van der Waals surface area contributed by atoms with Crippen molar-refractivity contribution in [3.63, 3.8) is 0 Å². The molecule has 0 aliphatic heterocycles. The quantitative estimate of drug-likeness (QED) is 0.612. The third-order valence-corrected chi connectivity index (χ3v) is 6.08. The van der Waals surface area contributed by atoms with Crippen LogP contribution in [0.25, 0.3) is 0 Å². The van der Waals surface area contributed by atoms with Gasteiger partial charge in [0.2, 0.25) is 0 Å². The van der Waals surface area contributed by atoms with Crippen molar-refractivity contribution in [2.45, 2.75) is 82.1 Å². The standard InChI is InChI=1S/C21H29FO4/c22-17-12-19(24)21(16(17)5-3-1-2-4-6-20(25)26)14-7-9-15-13(11-14)8-10-18(15)23/h7,9,11,16-19,21,23-24H,1-6,8,10,12H2,(H,25,26). The fraction of sp³-hybridized carbons (Fsp3) is 0.667. The second-order valence-corrected chi connectivity index (χ2v) is 7.87. The van der Waals surface area contributed by atoms with Gasteiger partial charge in [0, 0.05) is 18.8 Å². The molecule has 0 amide bonds. The van der Waals surface area contributed by atoms with E-state index >= 15 is 0 Å². The molecule has 5 heteroatoms. The molecular weight excluding hydrogens is 335 g/mol. The number of alkyl halides is 1. The van der Waals surface area contributed by atoms with Crippen LogP contribution in [0.3, 0.4) is 0 Å². The second kappa shape index (κ2) is 8.49. The number of carboxylic acids is 1. The Bertz CT molecular complexity index is 632. The maximum absolute atomic E-state index is 14.5. The lowest BCUT2D eigenvalue weighted by Gasteiger charge is -2.24. The van der Waals surface area contributed by atoms with Gasteiger partial charge in [0.25, 0.3) is 0 Å². The summed E-state index contributed by atoms with van der Waals surface area (Å²) in [6.07, 6.45) is 3.88. The minimum atomic E-state index is -0.993. The predicted octanol–water partition coefficient (Wildman–Crippen LogP) is 3.89. The van der Waals surface area contributed by atoms with Crippen molar-refractivity contribution >= 4 is 5.97 Å². The summed E-state index contributed by atoms with van der Waals surface area (Å²) in [5, 5.41) is 29.0. The van der Waals surface area contributed by atoms with Crippen LogP contribution in [0.1, 0.15) is 80.1 Å². The lowest BCUT2D eigenvalue weighted by Crippen LogP contribution is -2.19. The first-order chi connectivity index (χ1) is 12.5. The molecule has 1 fully saturated rings. The van der Waals surface area contributed by atoms with E-state index in [1.54, 1.807) is 0 Å². The Labute approximate surface area is 154 Å². The van der Waals surface area contributed by atoms with Gasteiger partial charge in [-0.05, 0) is 48.3 Å². The van der Waals surface area contributed by atoms with Crippen LogP contribution in [0.5, 0.6) is 0 Å². The SMILES string of the molecule is O=C(O)CCCCCCC1C(F)CC(O)C1c1ccc2c(c1)CCC2O. The van der Waals surface area contributed by atoms with Gasteiger partial charge in [0.05, 0.1) is 12.2 Å². The van der Waals surface area contributed by atoms with Gasteiger partial charge < -0.3 is 15.3 Å². The molecule has 0 heterocycles. The van der Waals surface area contributed by atoms with Crippen molar-refractivity contribution in [2.75, 3.05) is 0 Å². The summed E-state index contributed by atoms with van der Waals surface area (Å²) in [6.45, 7) is 0. The number of carboxylic acid groups (broad SMARTS) is 1. The molecule has 5 atom stereocenters. The molecule has 0 bridgehead atoms. The van der Waals surface area contributed by atoms with Crippen molar-refractivity contribution in [1.82, 2.24) is 0 Å². The Morgan fingerprint density at radius 1 is 1.15 bits per heavy atom. The minimum Gasteiger partial charge on any atom is -0.481 e. The first-order valence-electron chi connectivity index (χ1n) is 9.82. The van der Waals surface area contributed by atoms with E-state index in [0.29, 0.717) is 6.42 Å². The number of fused-ring (bicyclic) bond motifs is 1. The van der Waals surface area contributed by atoms with E-state index in [1.807, 2.05) is 12.1 Å². The van der Waals surface area contributed by atoms with E-state index in [0.717, 1.165) is 55.2 Å². The number of aliphatic hydroxyl groups is 2. The van der Waals surface area contributed by atoms with Gasteiger partial charge in [-0.2, -0.15) is 0 Å². The van der Waals surface area contributed by atoms with E-state index in [-0.39, 0.29) is 24.7 Å². The highest BCUT2D eigenvalue weighted by molar-refractivity contribution is 5.66. The number of unbranched alkanes of at least 4 members (excludes halogenated alkanes) is 3. The Hall–Kier alpha value is -1.46. The fourth-order valence-corrected chi connectivity index (χ4v) is 4.72. The van der Waals surface area contributed by atoms with E-state index in [1.165, 1.54) is 0 Å². The summed E-state index contributed by atoms with van der Waals surface area (Å²) in [5.41, 5.74) is 3.08. The zero-order chi connectivity index (χ0) is 18.7. The number of benzene rings is 1. The minimum absolute atomic E-state index is 0.186. The number of hydrogen-bond acceptors (Lipinski definition) is 3. The Morgan fingerprint density at radius 3 is 2.69 bits per heavy atom. The maximum Gasteiger partial charge on any atom is 0.303 e. The Balaban J connectivity index is 1.61. The third kappa shape index (κ3) is 4.26. The number of carbonyl (C=O) groups is 1. The summed E-state index contributed by atoms with van der Waals surface area (Å²) in [7, 11) is 0. The molecule has 3 rings (SSSR count). The van der Waals surface area contributed by atoms with Crippen LogP contribution >= 0.6 is 0 Å². The van der Waals surface area contributed by atoms with Crippen LogP contribution in [0.2, 0.25) is 0 Å². The average Bonchev–Trinajstić information content (AvgIpc) is 3.10. The molecule has 0 saturated heterocycles. The number of halogens is 1. The van der Waals surface area contributed by atoms with Gasteiger partial charge in [-0.15, -0.1) is 0 Å². The van der Waals surface area contributed by atoms with E-state index in [2.05, 4.69) is 6.07 Å². The molecule has 2 aliphatic carbocycles. The van der Waals surface area contributed by atoms with Gasteiger partial charge in [0.15, 0.2) is 0 Å². The van der Waals surface area contributed by atoms with Crippen LogP contribution in [0.4, 0.5) is 4.39 Å². The molecule has 1 saturated carbocycles. The zero-order valence-corrected chi connectivity index (χ0v) is 15.1. The molecule has 4 nitrogen and oxygen atoms in total. The fourth-order valence-electron chi connectivity index (χ4n) is 4.72. The molecule has 5 unspecified atom stereocenters. The topological polar surface area (TPSA) is 77.8 Å². The summed E-state index contributed by atoms with van der Waals surface area (Å²) >= 11 is 0. The average molecular weight is 364 g/mol. The van der Waals surface area contributed by atoms with Crippen LogP contribution in [0.15, 0.2) is 18.2 Å². The normalized spacial score (nSPS) is 30.5. The molecule has 0 spiro atoms. The third-order valence-electron chi connectivity index (χ3n) is 6.08. The lowest BCUT2D eigenvalue weighted by molar-refractivity contribution is -0.137. The number of hydrogen-bond donors (Lipinski definition) is 3. The van der Waals surface area contributed by atoms with Crippen molar-refractivity contribution in [3.8, 4) is 0 Å². The smallest absolute Gasteiger partial charge is 0.303 e. The van der Waals surface area contributed by atoms with Crippen LogP contribution < -0.4 is 0 Å². The van der Waals surface area contributed by atoms with Gasteiger partial charge >= 0.3 is 5.97 Å². The Morgan fingerprint density at radius 2 is 1.92 bits per heavy atom.